The standard InChI is InChI=1S/C14H16ClN3O3S/c1-22(19,20)18-8-2-3-11(9-18)14-16-13(17-21-14)10-4-6-12(15)7-5-10/h4-7,11H,2-3,8-9H2,1H3. The van der Waals surface area contributed by atoms with Gasteiger partial charge in [-0.25, -0.2) is 12.7 Å². The molecule has 1 aromatic heterocycles. The smallest absolute Gasteiger partial charge is 0.231 e. The summed E-state index contributed by atoms with van der Waals surface area (Å²) in [7, 11) is -3.19. The minimum Gasteiger partial charge on any atom is -0.339 e. The Morgan fingerprint density at radius 2 is 2.05 bits per heavy atom. The van der Waals surface area contributed by atoms with Crippen molar-refractivity contribution in [2.45, 2.75) is 18.8 Å². The van der Waals surface area contributed by atoms with Crippen LogP contribution in [0.25, 0.3) is 11.4 Å². The van der Waals surface area contributed by atoms with Crippen molar-refractivity contribution in [2.75, 3.05) is 19.3 Å². The third-order valence-corrected chi connectivity index (χ3v) is 5.27. The van der Waals surface area contributed by atoms with Crippen molar-refractivity contribution in [1.82, 2.24) is 14.4 Å². The number of hydrogen-bond acceptors (Lipinski definition) is 5. The lowest BCUT2D eigenvalue weighted by Crippen LogP contribution is -2.38. The van der Waals surface area contributed by atoms with E-state index in [1.54, 1.807) is 12.1 Å². The minimum absolute atomic E-state index is 0.0583. The molecule has 0 bridgehead atoms. The molecule has 1 unspecified atom stereocenters. The Labute approximate surface area is 134 Å². The van der Waals surface area contributed by atoms with Gasteiger partial charge in [0.2, 0.25) is 21.7 Å². The summed E-state index contributed by atoms with van der Waals surface area (Å²) in [6.07, 6.45) is 2.85. The van der Waals surface area contributed by atoms with E-state index < -0.39 is 10.0 Å². The molecular weight excluding hydrogens is 326 g/mol. The van der Waals surface area contributed by atoms with Gasteiger partial charge in [0.15, 0.2) is 0 Å². The second-order valence-electron chi connectivity index (χ2n) is 5.42. The van der Waals surface area contributed by atoms with Crippen LogP contribution in [0.4, 0.5) is 0 Å². The first-order valence-corrected chi connectivity index (χ1v) is 9.21. The number of aromatic nitrogens is 2. The van der Waals surface area contributed by atoms with E-state index in [2.05, 4.69) is 10.1 Å². The van der Waals surface area contributed by atoms with Crippen LogP contribution in [0.3, 0.4) is 0 Å². The van der Waals surface area contributed by atoms with Gasteiger partial charge in [0.25, 0.3) is 0 Å². The second-order valence-corrected chi connectivity index (χ2v) is 7.84. The molecule has 1 aromatic carbocycles. The Morgan fingerprint density at radius 3 is 2.73 bits per heavy atom. The number of hydrogen-bond donors (Lipinski definition) is 0. The molecule has 0 N–H and O–H groups in total. The number of piperidine rings is 1. The van der Waals surface area contributed by atoms with Crippen LogP contribution in [0.2, 0.25) is 5.02 Å². The van der Waals surface area contributed by atoms with Gasteiger partial charge < -0.3 is 4.52 Å². The van der Waals surface area contributed by atoms with E-state index in [0.29, 0.717) is 29.8 Å². The summed E-state index contributed by atoms with van der Waals surface area (Å²) < 4.78 is 30.1. The summed E-state index contributed by atoms with van der Waals surface area (Å²) in [4.78, 5) is 4.41. The molecule has 118 valence electrons. The van der Waals surface area contributed by atoms with Gasteiger partial charge in [-0.3, -0.25) is 0 Å². The first-order chi connectivity index (χ1) is 10.4. The molecule has 8 heteroatoms. The Bertz CT molecular complexity index is 758. The molecule has 1 atom stereocenters. The molecule has 3 rings (SSSR count). The highest BCUT2D eigenvalue weighted by Crippen LogP contribution is 2.28. The highest BCUT2D eigenvalue weighted by atomic mass is 35.5. The fraction of sp³-hybridized carbons (Fsp3) is 0.429. The summed E-state index contributed by atoms with van der Waals surface area (Å²) in [5, 5.41) is 4.62. The summed E-state index contributed by atoms with van der Waals surface area (Å²) in [6.45, 7) is 0.939. The molecule has 0 radical (unpaired) electrons. The monoisotopic (exact) mass is 341 g/mol. The van der Waals surface area contributed by atoms with Gasteiger partial charge in [-0.2, -0.15) is 4.98 Å². The van der Waals surface area contributed by atoms with Gasteiger partial charge in [-0.1, -0.05) is 16.8 Å². The average molecular weight is 342 g/mol. The molecule has 0 saturated carbocycles. The molecule has 0 spiro atoms. The second kappa shape index (κ2) is 5.98. The van der Waals surface area contributed by atoms with Crippen LogP contribution in [0, 0.1) is 0 Å². The Morgan fingerprint density at radius 1 is 1.32 bits per heavy atom. The first kappa shape index (κ1) is 15.5. The van der Waals surface area contributed by atoms with Crippen LogP contribution in [0.1, 0.15) is 24.7 Å². The largest absolute Gasteiger partial charge is 0.339 e. The summed E-state index contributed by atoms with van der Waals surface area (Å²) in [6, 6.07) is 7.17. The van der Waals surface area contributed by atoms with Crippen LogP contribution in [0.15, 0.2) is 28.8 Å². The summed E-state index contributed by atoms with van der Waals surface area (Å²) >= 11 is 5.86. The van der Waals surface area contributed by atoms with E-state index in [1.807, 2.05) is 12.1 Å². The van der Waals surface area contributed by atoms with E-state index in [9.17, 15) is 8.42 Å². The zero-order valence-electron chi connectivity index (χ0n) is 12.1. The molecule has 0 aliphatic carbocycles. The molecular formula is C14H16ClN3O3S. The number of halogens is 1. The lowest BCUT2D eigenvalue weighted by atomic mass is 10.00. The average Bonchev–Trinajstić information content (AvgIpc) is 2.97. The Hall–Kier alpha value is -1.44. The van der Waals surface area contributed by atoms with Crippen LogP contribution in [0.5, 0.6) is 0 Å². The van der Waals surface area contributed by atoms with Gasteiger partial charge in [-0.05, 0) is 37.1 Å². The molecule has 1 saturated heterocycles. The highest BCUT2D eigenvalue weighted by Gasteiger charge is 2.30. The van der Waals surface area contributed by atoms with Crippen LogP contribution < -0.4 is 0 Å². The number of rotatable bonds is 3. The predicted molar refractivity (Wildman–Crippen MR) is 83.1 cm³/mol. The first-order valence-electron chi connectivity index (χ1n) is 6.98. The van der Waals surface area contributed by atoms with Crippen LogP contribution >= 0.6 is 11.6 Å². The SMILES string of the molecule is CS(=O)(=O)N1CCCC(c2nc(-c3ccc(Cl)cc3)no2)C1. The number of benzene rings is 1. The lowest BCUT2D eigenvalue weighted by molar-refractivity contribution is 0.266. The molecule has 1 aliphatic heterocycles. The Kier molecular flexibility index (Phi) is 4.20. The van der Waals surface area contributed by atoms with Crippen LogP contribution in [-0.4, -0.2) is 42.2 Å². The van der Waals surface area contributed by atoms with Crippen LogP contribution in [-0.2, 0) is 10.0 Å². The number of sulfonamides is 1. The summed E-state index contributed by atoms with van der Waals surface area (Å²) in [5.74, 6) is 0.915. The van der Waals surface area contributed by atoms with Crippen molar-refractivity contribution in [3.8, 4) is 11.4 Å². The van der Waals surface area contributed by atoms with E-state index in [4.69, 9.17) is 16.1 Å². The topological polar surface area (TPSA) is 76.3 Å². The van der Waals surface area contributed by atoms with Crippen molar-refractivity contribution in [3.05, 3.63) is 35.2 Å². The molecule has 2 heterocycles. The minimum atomic E-state index is -3.19. The maximum Gasteiger partial charge on any atom is 0.231 e. The normalized spacial score (nSPS) is 20.2. The molecule has 1 aliphatic rings. The van der Waals surface area contributed by atoms with Crippen molar-refractivity contribution < 1.29 is 12.9 Å². The van der Waals surface area contributed by atoms with Crippen molar-refractivity contribution in [1.29, 1.82) is 0 Å². The predicted octanol–water partition coefficient (Wildman–Crippen LogP) is 2.53. The fourth-order valence-corrected chi connectivity index (χ4v) is 3.60. The maximum atomic E-state index is 11.7. The molecule has 22 heavy (non-hydrogen) atoms. The zero-order valence-corrected chi connectivity index (χ0v) is 13.6. The molecule has 2 aromatic rings. The molecule has 1 fully saturated rings. The van der Waals surface area contributed by atoms with Crippen molar-refractivity contribution in [2.24, 2.45) is 0 Å². The Balaban J connectivity index is 1.80. The highest BCUT2D eigenvalue weighted by molar-refractivity contribution is 7.88. The van der Waals surface area contributed by atoms with E-state index in [1.165, 1.54) is 10.6 Å². The quantitative estimate of drug-likeness (QED) is 0.857. The third-order valence-electron chi connectivity index (χ3n) is 3.75. The van der Waals surface area contributed by atoms with Gasteiger partial charge in [0.05, 0.1) is 12.2 Å². The van der Waals surface area contributed by atoms with Gasteiger partial charge in [0.1, 0.15) is 0 Å². The third kappa shape index (κ3) is 3.31. The van der Waals surface area contributed by atoms with Crippen molar-refractivity contribution >= 4 is 21.6 Å². The van der Waals surface area contributed by atoms with Gasteiger partial charge >= 0.3 is 0 Å². The molecule has 0 amide bonds. The maximum absolute atomic E-state index is 11.7. The van der Waals surface area contributed by atoms with Gasteiger partial charge in [0, 0.05) is 23.7 Å². The van der Waals surface area contributed by atoms with Crippen molar-refractivity contribution in [3.63, 3.8) is 0 Å². The number of nitrogens with zero attached hydrogens (tertiary/aromatic N) is 3. The van der Waals surface area contributed by atoms with Gasteiger partial charge in [-0.15, -0.1) is 0 Å². The van der Waals surface area contributed by atoms with E-state index in [0.717, 1.165) is 18.4 Å². The fourth-order valence-electron chi connectivity index (χ4n) is 2.56. The lowest BCUT2D eigenvalue weighted by Gasteiger charge is -2.28. The zero-order chi connectivity index (χ0) is 15.7. The van der Waals surface area contributed by atoms with E-state index >= 15 is 0 Å². The van der Waals surface area contributed by atoms with E-state index in [-0.39, 0.29) is 5.92 Å². The molecule has 6 nitrogen and oxygen atoms in total. The summed E-state index contributed by atoms with van der Waals surface area (Å²) in [5.41, 5.74) is 0.815.